The van der Waals surface area contributed by atoms with E-state index in [9.17, 15) is 15.3 Å². The van der Waals surface area contributed by atoms with E-state index in [1.54, 1.807) is 0 Å². The molecule has 0 radical (unpaired) electrons. The van der Waals surface area contributed by atoms with Crippen molar-refractivity contribution in [1.82, 2.24) is 0 Å². The van der Waals surface area contributed by atoms with Crippen molar-refractivity contribution < 1.29 is 15.3 Å². The molecule has 0 aromatic heterocycles. The van der Waals surface area contributed by atoms with Crippen molar-refractivity contribution in [3.05, 3.63) is 58.7 Å². The molecule has 3 rings (SSSR count). The molecule has 3 nitrogen and oxygen atoms in total. The van der Waals surface area contributed by atoms with Crippen molar-refractivity contribution in [2.24, 2.45) is 5.92 Å². The lowest BCUT2D eigenvalue weighted by Gasteiger charge is -2.35. The number of rotatable bonds is 6. The highest BCUT2D eigenvalue weighted by Crippen LogP contribution is 2.44. The third-order valence-corrected chi connectivity index (χ3v) is 6.92. The lowest BCUT2D eigenvalue weighted by molar-refractivity contribution is 0.0609. The lowest BCUT2D eigenvalue weighted by atomic mass is 9.70. The fourth-order valence-corrected chi connectivity index (χ4v) is 5.39. The fourth-order valence-electron chi connectivity index (χ4n) is 5.39. The molecule has 30 heavy (non-hydrogen) atoms. The van der Waals surface area contributed by atoms with E-state index in [2.05, 4.69) is 43.3 Å². The number of hydrogen-bond acceptors (Lipinski definition) is 3. The quantitative estimate of drug-likeness (QED) is 0.583. The van der Waals surface area contributed by atoms with Gasteiger partial charge in [0.05, 0.1) is 17.8 Å². The SMILES string of the molecule is CC[C@H]1/C(=C/C=C2C[C@@H](O)C[C@H](O)C2)CCC[C@@H]1c1ccccc1CCC(C)(C)O. The average molecular weight is 413 g/mol. The average Bonchev–Trinajstić information content (AvgIpc) is 2.69. The van der Waals surface area contributed by atoms with E-state index in [-0.39, 0.29) is 0 Å². The maximum Gasteiger partial charge on any atom is 0.0602 e. The largest absolute Gasteiger partial charge is 0.393 e. The first-order chi connectivity index (χ1) is 14.3. The summed E-state index contributed by atoms with van der Waals surface area (Å²) >= 11 is 0. The van der Waals surface area contributed by atoms with Crippen molar-refractivity contribution >= 4 is 0 Å². The molecule has 2 fully saturated rings. The van der Waals surface area contributed by atoms with Crippen LogP contribution in [0.3, 0.4) is 0 Å². The van der Waals surface area contributed by atoms with E-state index in [1.165, 1.54) is 29.5 Å². The first-order valence-corrected chi connectivity index (χ1v) is 11.8. The van der Waals surface area contributed by atoms with Crippen LogP contribution in [0.4, 0.5) is 0 Å². The van der Waals surface area contributed by atoms with E-state index in [1.807, 2.05) is 13.8 Å². The van der Waals surface area contributed by atoms with Gasteiger partial charge in [0, 0.05) is 0 Å². The van der Waals surface area contributed by atoms with Crippen LogP contribution < -0.4 is 0 Å². The van der Waals surface area contributed by atoms with Gasteiger partial charge in [-0.1, -0.05) is 54.5 Å². The highest BCUT2D eigenvalue weighted by Gasteiger charge is 2.30. The van der Waals surface area contributed by atoms with Gasteiger partial charge in [0.1, 0.15) is 0 Å². The summed E-state index contributed by atoms with van der Waals surface area (Å²) in [6.07, 6.45) is 11.8. The van der Waals surface area contributed by atoms with Gasteiger partial charge in [-0.05, 0) is 94.6 Å². The van der Waals surface area contributed by atoms with Gasteiger partial charge in [0.15, 0.2) is 0 Å². The van der Waals surface area contributed by atoms with Gasteiger partial charge < -0.3 is 15.3 Å². The summed E-state index contributed by atoms with van der Waals surface area (Å²) in [4.78, 5) is 0. The van der Waals surface area contributed by atoms with Gasteiger partial charge in [-0.15, -0.1) is 0 Å². The van der Waals surface area contributed by atoms with E-state index in [4.69, 9.17) is 0 Å². The van der Waals surface area contributed by atoms with Gasteiger partial charge in [-0.3, -0.25) is 0 Å². The van der Waals surface area contributed by atoms with E-state index in [0.717, 1.165) is 31.3 Å². The predicted molar refractivity (Wildman–Crippen MR) is 123 cm³/mol. The highest BCUT2D eigenvalue weighted by molar-refractivity contribution is 5.35. The second-order valence-corrected chi connectivity index (χ2v) is 10.0. The number of allylic oxidation sites excluding steroid dienone is 3. The summed E-state index contributed by atoms with van der Waals surface area (Å²) in [6.45, 7) is 6.06. The Labute approximate surface area is 182 Å². The predicted octanol–water partition coefficient (Wildman–Crippen LogP) is 5.44. The summed E-state index contributed by atoms with van der Waals surface area (Å²) in [6, 6.07) is 8.80. The van der Waals surface area contributed by atoms with Gasteiger partial charge in [0.25, 0.3) is 0 Å². The molecule has 3 N–H and O–H groups in total. The molecule has 2 aliphatic rings. The Morgan fingerprint density at radius 2 is 1.77 bits per heavy atom. The van der Waals surface area contributed by atoms with Crippen LogP contribution in [-0.4, -0.2) is 33.1 Å². The molecule has 0 saturated heterocycles. The van der Waals surface area contributed by atoms with Gasteiger partial charge >= 0.3 is 0 Å². The molecule has 0 spiro atoms. The van der Waals surface area contributed by atoms with Crippen molar-refractivity contribution in [3.63, 3.8) is 0 Å². The van der Waals surface area contributed by atoms with Crippen LogP contribution in [0.1, 0.15) is 89.2 Å². The zero-order chi connectivity index (χ0) is 21.7. The van der Waals surface area contributed by atoms with Crippen LogP contribution in [0.25, 0.3) is 0 Å². The first kappa shape index (κ1) is 23.2. The molecule has 0 unspecified atom stereocenters. The van der Waals surface area contributed by atoms with E-state index >= 15 is 0 Å². The molecule has 2 saturated carbocycles. The summed E-state index contributed by atoms with van der Waals surface area (Å²) in [5, 5.41) is 30.1. The molecule has 0 heterocycles. The highest BCUT2D eigenvalue weighted by atomic mass is 16.3. The maximum atomic E-state index is 10.2. The van der Waals surface area contributed by atoms with Crippen molar-refractivity contribution in [3.8, 4) is 0 Å². The van der Waals surface area contributed by atoms with Crippen LogP contribution in [-0.2, 0) is 6.42 Å². The van der Waals surface area contributed by atoms with E-state index < -0.39 is 17.8 Å². The minimum atomic E-state index is -0.643. The Hall–Kier alpha value is -1.42. The summed E-state index contributed by atoms with van der Waals surface area (Å²) in [5.41, 5.74) is 4.86. The zero-order valence-corrected chi connectivity index (χ0v) is 19.0. The normalized spacial score (nSPS) is 29.3. The minimum absolute atomic E-state index is 0.415. The molecule has 0 aliphatic heterocycles. The van der Waals surface area contributed by atoms with Crippen LogP contribution >= 0.6 is 0 Å². The smallest absolute Gasteiger partial charge is 0.0602 e. The maximum absolute atomic E-state index is 10.2. The number of aliphatic hydroxyl groups excluding tert-OH is 2. The van der Waals surface area contributed by atoms with Crippen LogP contribution in [0.5, 0.6) is 0 Å². The molecule has 0 bridgehead atoms. The van der Waals surface area contributed by atoms with Crippen molar-refractivity contribution in [2.75, 3.05) is 0 Å². The van der Waals surface area contributed by atoms with Gasteiger partial charge in [-0.25, -0.2) is 0 Å². The third kappa shape index (κ3) is 6.29. The second kappa shape index (κ2) is 10.3. The number of hydrogen-bond donors (Lipinski definition) is 3. The minimum Gasteiger partial charge on any atom is -0.393 e. The molecule has 4 atom stereocenters. The Kier molecular flexibility index (Phi) is 7.95. The molecule has 3 heteroatoms. The summed E-state index contributed by atoms with van der Waals surface area (Å²) in [7, 11) is 0. The Morgan fingerprint density at radius 3 is 2.43 bits per heavy atom. The Bertz CT molecular complexity index is 744. The second-order valence-electron chi connectivity index (χ2n) is 10.0. The molecule has 2 aliphatic carbocycles. The molecule has 1 aromatic carbocycles. The van der Waals surface area contributed by atoms with E-state index in [0.29, 0.717) is 31.1 Å². The van der Waals surface area contributed by atoms with Crippen molar-refractivity contribution in [1.29, 1.82) is 0 Å². The number of benzene rings is 1. The van der Waals surface area contributed by atoms with Crippen LogP contribution in [0, 0.1) is 5.92 Å². The van der Waals surface area contributed by atoms with Gasteiger partial charge in [0.2, 0.25) is 0 Å². The topological polar surface area (TPSA) is 60.7 Å². The standard InChI is InChI=1S/C27H40O3/c1-4-24-20(13-12-19-16-22(28)18-23(29)17-19)9-7-11-26(24)25-10-6-5-8-21(25)14-15-27(2,3)30/h5-6,8,10,12-13,22-24,26,28-30H,4,7,9,11,14-18H2,1-3H3/b20-13+/t22-,23-,24+,26+/m1/s1. The monoisotopic (exact) mass is 412 g/mol. The van der Waals surface area contributed by atoms with Crippen LogP contribution in [0.15, 0.2) is 47.6 Å². The summed E-state index contributed by atoms with van der Waals surface area (Å²) < 4.78 is 0. The summed E-state index contributed by atoms with van der Waals surface area (Å²) in [5.74, 6) is 1.05. The number of aryl methyl sites for hydroxylation is 1. The fraction of sp³-hybridized carbons (Fsp3) is 0.630. The molecular formula is C27H40O3. The third-order valence-electron chi connectivity index (χ3n) is 6.92. The van der Waals surface area contributed by atoms with Crippen molar-refractivity contribution in [2.45, 2.75) is 102 Å². The Morgan fingerprint density at radius 1 is 1.07 bits per heavy atom. The number of aliphatic hydroxyl groups is 3. The molecule has 166 valence electrons. The molecular weight excluding hydrogens is 372 g/mol. The van der Waals surface area contributed by atoms with Crippen LogP contribution in [0.2, 0.25) is 0 Å². The molecule has 1 aromatic rings. The molecule has 0 amide bonds. The zero-order valence-electron chi connectivity index (χ0n) is 19.0. The first-order valence-electron chi connectivity index (χ1n) is 11.8. The lowest BCUT2D eigenvalue weighted by Crippen LogP contribution is -2.25. The van der Waals surface area contributed by atoms with Gasteiger partial charge in [-0.2, -0.15) is 0 Å². The Balaban J connectivity index is 1.82.